The predicted octanol–water partition coefficient (Wildman–Crippen LogP) is 5.47. The molecule has 2 heterocycles. The SMILES string of the molecule is CCCc1cc(=O)oc2cc(OCc3csc(-c4cccc(OC)c4OC)n3)ccc12. The van der Waals surface area contributed by atoms with Crippen molar-refractivity contribution in [2.75, 3.05) is 14.2 Å². The first-order valence-corrected chi connectivity index (χ1v) is 10.9. The molecule has 7 heteroatoms. The zero-order valence-corrected chi connectivity index (χ0v) is 18.5. The number of ether oxygens (including phenoxy) is 3. The zero-order valence-electron chi connectivity index (χ0n) is 17.6. The average molecular weight is 438 g/mol. The van der Waals surface area contributed by atoms with Gasteiger partial charge in [-0.05, 0) is 36.2 Å². The summed E-state index contributed by atoms with van der Waals surface area (Å²) < 4.78 is 22.2. The topological polar surface area (TPSA) is 70.8 Å². The fourth-order valence-corrected chi connectivity index (χ4v) is 4.31. The van der Waals surface area contributed by atoms with E-state index < -0.39 is 0 Å². The quantitative estimate of drug-likeness (QED) is 0.341. The molecule has 0 unspecified atom stereocenters. The van der Waals surface area contributed by atoms with Gasteiger partial charge in [0.1, 0.15) is 22.9 Å². The van der Waals surface area contributed by atoms with E-state index in [4.69, 9.17) is 18.6 Å². The molecule has 0 bridgehead atoms. The van der Waals surface area contributed by atoms with Gasteiger partial charge in [0.2, 0.25) is 0 Å². The summed E-state index contributed by atoms with van der Waals surface area (Å²) in [6.45, 7) is 2.38. The molecule has 0 fully saturated rings. The Balaban J connectivity index is 1.54. The fourth-order valence-electron chi connectivity index (χ4n) is 3.49. The highest BCUT2D eigenvalue weighted by molar-refractivity contribution is 7.13. The van der Waals surface area contributed by atoms with E-state index in [0.717, 1.165) is 40.1 Å². The van der Waals surface area contributed by atoms with Gasteiger partial charge in [0.25, 0.3) is 0 Å². The normalized spacial score (nSPS) is 10.9. The predicted molar refractivity (Wildman–Crippen MR) is 121 cm³/mol. The van der Waals surface area contributed by atoms with Crippen molar-refractivity contribution in [2.45, 2.75) is 26.4 Å². The minimum absolute atomic E-state index is 0.299. The molecule has 0 aliphatic rings. The van der Waals surface area contributed by atoms with Gasteiger partial charge in [-0.3, -0.25) is 0 Å². The monoisotopic (exact) mass is 437 g/mol. The Hall–Kier alpha value is -3.32. The number of benzene rings is 2. The van der Waals surface area contributed by atoms with Crippen molar-refractivity contribution in [3.05, 3.63) is 69.5 Å². The molecule has 0 spiro atoms. The van der Waals surface area contributed by atoms with Gasteiger partial charge in [-0.15, -0.1) is 11.3 Å². The molecule has 4 aromatic rings. The maximum atomic E-state index is 11.9. The molecule has 0 N–H and O–H groups in total. The van der Waals surface area contributed by atoms with Crippen molar-refractivity contribution in [1.82, 2.24) is 4.98 Å². The third-order valence-corrected chi connectivity index (χ3v) is 5.82. The summed E-state index contributed by atoms with van der Waals surface area (Å²) >= 11 is 1.51. The summed E-state index contributed by atoms with van der Waals surface area (Å²) in [5.74, 6) is 1.94. The lowest BCUT2D eigenvalue weighted by Gasteiger charge is -2.10. The highest BCUT2D eigenvalue weighted by Crippen LogP contribution is 2.39. The van der Waals surface area contributed by atoms with Crippen molar-refractivity contribution < 1.29 is 18.6 Å². The number of hydrogen-bond acceptors (Lipinski definition) is 7. The van der Waals surface area contributed by atoms with Crippen molar-refractivity contribution in [2.24, 2.45) is 0 Å². The van der Waals surface area contributed by atoms with Gasteiger partial charge in [0.15, 0.2) is 11.5 Å². The number of fused-ring (bicyclic) bond motifs is 1. The van der Waals surface area contributed by atoms with Gasteiger partial charge in [-0.1, -0.05) is 19.4 Å². The second kappa shape index (κ2) is 9.22. The van der Waals surface area contributed by atoms with Crippen LogP contribution in [0.25, 0.3) is 21.5 Å². The standard InChI is InChI=1S/C24H23NO5S/c1-4-6-15-11-22(26)30-21-12-17(9-10-18(15)21)29-13-16-14-31-24(25-16)19-7-5-8-20(27-2)23(19)28-3/h5,7-12,14H,4,6,13H2,1-3H3. The minimum Gasteiger partial charge on any atom is -0.493 e. The van der Waals surface area contributed by atoms with Crippen LogP contribution in [0.15, 0.2) is 57.1 Å². The number of hydrogen-bond donors (Lipinski definition) is 0. The molecule has 0 atom stereocenters. The van der Waals surface area contributed by atoms with Crippen LogP contribution in [0, 0.1) is 0 Å². The fraction of sp³-hybridized carbons (Fsp3) is 0.250. The maximum Gasteiger partial charge on any atom is 0.336 e. The molecule has 160 valence electrons. The molecule has 2 aromatic carbocycles. The highest BCUT2D eigenvalue weighted by Gasteiger charge is 2.15. The van der Waals surface area contributed by atoms with Crippen LogP contribution in [0.5, 0.6) is 17.2 Å². The van der Waals surface area contributed by atoms with Crippen LogP contribution in [0.3, 0.4) is 0 Å². The summed E-state index contributed by atoms with van der Waals surface area (Å²) in [5, 5.41) is 3.72. The third-order valence-electron chi connectivity index (χ3n) is 4.89. The van der Waals surface area contributed by atoms with Gasteiger partial charge in [-0.25, -0.2) is 9.78 Å². The Morgan fingerprint density at radius 1 is 1.10 bits per heavy atom. The molecule has 0 amide bonds. The Morgan fingerprint density at radius 2 is 1.97 bits per heavy atom. The smallest absolute Gasteiger partial charge is 0.336 e. The van der Waals surface area contributed by atoms with Crippen molar-refractivity contribution in [3.8, 4) is 27.8 Å². The molecule has 0 saturated heterocycles. The van der Waals surface area contributed by atoms with Gasteiger partial charge < -0.3 is 18.6 Å². The highest BCUT2D eigenvalue weighted by atomic mass is 32.1. The summed E-state index contributed by atoms with van der Waals surface area (Å²) in [6.07, 6.45) is 1.79. The molecule has 0 radical (unpaired) electrons. The first kappa shape index (κ1) is 20.9. The Labute approximate surface area is 184 Å². The van der Waals surface area contributed by atoms with Crippen molar-refractivity contribution >= 4 is 22.3 Å². The summed E-state index contributed by atoms with van der Waals surface area (Å²) in [4.78, 5) is 16.5. The lowest BCUT2D eigenvalue weighted by atomic mass is 10.1. The van der Waals surface area contributed by atoms with Gasteiger partial charge in [-0.2, -0.15) is 0 Å². The lowest BCUT2D eigenvalue weighted by molar-refractivity contribution is 0.302. The van der Waals surface area contributed by atoms with Gasteiger partial charge in [0, 0.05) is 22.9 Å². The van der Waals surface area contributed by atoms with E-state index in [1.165, 1.54) is 11.3 Å². The van der Waals surface area contributed by atoms with Crippen LogP contribution in [0.2, 0.25) is 0 Å². The number of aryl methyl sites for hydroxylation is 1. The summed E-state index contributed by atoms with van der Waals surface area (Å²) in [6, 6.07) is 12.9. The summed E-state index contributed by atoms with van der Waals surface area (Å²) in [5.41, 5.74) is 2.86. The number of methoxy groups -OCH3 is 2. The molecule has 2 aromatic heterocycles. The first-order valence-electron chi connectivity index (χ1n) is 9.98. The van der Waals surface area contributed by atoms with E-state index in [9.17, 15) is 4.79 Å². The van der Waals surface area contributed by atoms with Crippen molar-refractivity contribution in [1.29, 1.82) is 0 Å². The number of nitrogens with zero attached hydrogens (tertiary/aromatic N) is 1. The van der Waals surface area contributed by atoms with Crippen LogP contribution in [0.4, 0.5) is 0 Å². The molecule has 6 nitrogen and oxygen atoms in total. The van der Waals surface area contributed by atoms with E-state index in [1.807, 2.05) is 35.7 Å². The molecular weight excluding hydrogens is 414 g/mol. The Kier molecular flexibility index (Phi) is 6.23. The first-order chi connectivity index (χ1) is 15.1. The van der Waals surface area contributed by atoms with E-state index in [1.54, 1.807) is 26.4 Å². The molecule has 0 aliphatic heterocycles. The third kappa shape index (κ3) is 4.41. The van der Waals surface area contributed by atoms with E-state index in [-0.39, 0.29) is 5.63 Å². The van der Waals surface area contributed by atoms with Gasteiger partial charge in [0.05, 0.1) is 25.5 Å². The van der Waals surface area contributed by atoms with Crippen LogP contribution in [0.1, 0.15) is 24.6 Å². The largest absolute Gasteiger partial charge is 0.493 e. The van der Waals surface area contributed by atoms with Crippen LogP contribution < -0.4 is 19.8 Å². The second-order valence-corrected chi connectivity index (χ2v) is 7.83. The van der Waals surface area contributed by atoms with Crippen LogP contribution in [-0.2, 0) is 13.0 Å². The lowest BCUT2D eigenvalue weighted by Crippen LogP contribution is -2.01. The van der Waals surface area contributed by atoms with Gasteiger partial charge >= 0.3 is 5.63 Å². The molecular formula is C24H23NO5S. The molecule has 0 saturated carbocycles. The van der Waals surface area contributed by atoms with E-state index in [2.05, 4.69) is 11.9 Å². The Bertz CT molecular complexity index is 1260. The minimum atomic E-state index is -0.343. The Morgan fingerprint density at radius 3 is 2.74 bits per heavy atom. The second-order valence-electron chi connectivity index (χ2n) is 6.97. The number of thiazole rings is 1. The molecule has 0 aliphatic carbocycles. The van der Waals surface area contributed by atoms with Crippen LogP contribution in [-0.4, -0.2) is 19.2 Å². The van der Waals surface area contributed by atoms with E-state index >= 15 is 0 Å². The summed E-state index contributed by atoms with van der Waals surface area (Å²) in [7, 11) is 3.22. The van der Waals surface area contributed by atoms with Crippen molar-refractivity contribution in [3.63, 3.8) is 0 Å². The molecule has 31 heavy (non-hydrogen) atoms. The van der Waals surface area contributed by atoms with Crippen LogP contribution >= 0.6 is 11.3 Å². The number of aromatic nitrogens is 1. The molecule has 4 rings (SSSR count). The van der Waals surface area contributed by atoms with E-state index in [0.29, 0.717) is 29.4 Å². The average Bonchev–Trinajstić information content (AvgIpc) is 3.25. The maximum absolute atomic E-state index is 11.9. The zero-order chi connectivity index (χ0) is 21.8. The number of rotatable bonds is 8. The number of para-hydroxylation sites is 1.